The summed E-state index contributed by atoms with van der Waals surface area (Å²) in [5, 5.41) is 0. The van der Waals surface area contributed by atoms with Gasteiger partial charge in [-0.3, -0.25) is 4.79 Å². The fourth-order valence-corrected chi connectivity index (χ4v) is 0.798. The number of hydrogen-bond acceptors (Lipinski definition) is 2. The minimum Gasteiger partial charge on any atom is -0.273 e. The van der Waals surface area contributed by atoms with Crippen LogP contribution in [0.15, 0.2) is 12.4 Å². The molecule has 0 saturated heterocycles. The van der Waals surface area contributed by atoms with Crippen molar-refractivity contribution in [2.24, 2.45) is 5.41 Å². The molecule has 0 fully saturated rings. The first-order valence-electron chi connectivity index (χ1n) is 3.66. The van der Waals surface area contributed by atoms with Gasteiger partial charge in [-0.05, 0) is 0 Å². The molecule has 0 spiro atoms. The van der Waals surface area contributed by atoms with E-state index >= 15 is 0 Å². The van der Waals surface area contributed by atoms with Crippen LogP contribution in [0.5, 0.6) is 0 Å². The molecule has 0 radical (unpaired) electrons. The second-order valence-corrected chi connectivity index (χ2v) is 3.62. The first kappa shape index (κ1) is 8.90. The molecule has 0 aliphatic rings. The van der Waals surface area contributed by atoms with E-state index in [-0.39, 0.29) is 5.91 Å². The molecule has 0 N–H and O–H groups in total. The second-order valence-electron chi connectivity index (χ2n) is 3.62. The van der Waals surface area contributed by atoms with Crippen molar-refractivity contribution in [2.45, 2.75) is 20.8 Å². The summed E-state index contributed by atoms with van der Waals surface area (Å²) in [6, 6.07) is 0. The fourth-order valence-electron chi connectivity index (χ4n) is 0.798. The molecule has 0 aromatic carbocycles. The monoisotopic (exact) mass is 170 g/mol. The van der Waals surface area contributed by atoms with Gasteiger partial charge in [0.15, 0.2) is 0 Å². The lowest BCUT2D eigenvalue weighted by Crippen LogP contribution is -2.27. The van der Waals surface area contributed by atoms with E-state index in [4.69, 9.17) is 0 Å². The third-order valence-electron chi connectivity index (χ3n) is 1.46. The average molecular weight is 170 g/mol. The molecule has 12 heavy (non-hydrogen) atoms. The lowest BCUT2D eigenvalue weighted by molar-refractivity contribution is 0.0749. The minimum absolute atomic E-state index is 0.294. The van der Waals surface area contributed by atoms with Gasteiger partial charge in [0, 0.05) is 17.8 Å². The van der Waals surface area contributed by atoms with Crippen molar-refractivity contribution in [3.05, 3.63) is 18.5 Å². The normalized spacial score (nSPS) is 11.7. The van der Waals surface area contributed by atoms with Gasteiger partial charge in [-0.25, -0.2) is 9.55 Å². The summed E-state index contributed by atoms with van der Waals surface area (Å²) in [5.74, 6) is -0.294. The smallest absolute Gasteiger partial charge is 0.273 e. The molecule has 0 bridgehead atoms. The van der Waals surface area contributed by atoms with Gasteiger partial charge in [-0.2, -0.15) is 4.39 Å². The molecule has 1 heterocycles. The Kier molecular flexibility index (Phi) is 2.00. The summed E-state index contributed by atoms with van der Waals surface area (Å²) < 4.78 is 13.7. The van der Waals surface area contributed by atoms with Crippen LogP contribution in [-0.2, 0) is 0 Å². The number of rotatable bonds is 0. The summed E-state index contributed by atoms with van der Waals surface area (Å²) in [4.78, 5) is 14.8. The third-order valence-corrected chi connectivity index (χ3v) is 1.46. The highest BCUT2D eigenvalue weighted by Crippen LogP contribution is 2.16. The van der Waals surface area contributed by atoms with Crippen LogP contribution in [0.2, 0.25) is 0 Å². The van der Waals surface area contributed by atoms with Crippen LogP contribution in [0.1, 0.15) is 25.6 Å². The molecule has 0 aliphatic carbocycles. The Balaban J connectivity index is 3.01. The Morgan fingerprint density at radius 2 is 2.17 bits per heavy atom. The zero-order valence-electron chi connectivity index (χ0n) is 7.34. The molecule has 4 heteroatoms. The maximum atomic E-state index is 12.8. The average Bonchev–Trinajstić information content (AvgIpc) is 2.31. The summed E-state index contributed by atoms with van der Waals surface area (Å²) in [6.07, 6.45) is 1.83. The minimum atomic E-state index is -0.755. The summed E-state index contributed by atoms with van der Waals surface area (Å²) in [6.45, 7) is 5.19. The maximum absolute atomic E-state index is 12.8. The molecule has 0 atom stereocenters. The highest BCUT2D eigenvalue weighted by molar-refractivity contribution is 5.83. The number of hydrogen-bond donors (Lipinski definition) is 0. The van der Waals surface area contributed by atoms with Gasteiger partial charge in [-0.15, -0.1) is 0 Å². The highest BCUT2D eigenvalue weighted by Gasteiger charge is 2.24. The number of aromatic nitrogens is 2. The Bertz CT molecular complexity index is 298. The Labute approximate surface area is 70.2 Å². The van der Waals surface area contributed by atoms with Gasteiger partial charge in [0.2, 0.25) is 5.91 Å². The van der Waals surface area contributed by atoms with Crippen molar-refractivity contribution in [3.8, 4) is 0 Å². The molecular formula is C8H11FN2O. The fraction of sp³-hybridized carbons (Fsp3) is 0.500. The van der Waals surface area contributed by atoms with E-state index in [1.165, 1.54) is 12.4 Å². The van der Waals surface area contributed by atoms with Gasteiger partial charge in [0.05, 0.1) is 0 Å². The lowest BCUT2D eigenvalue weighted by Gasteiger charge is -2.16. The number of halogens is 1. The van der Waals surface area contributed by atoms with E-state index in [1.807, 2.05) is 0 Å². The van der Waals surface area contributed by atoms with Gasteiger partial charge in [-0.1, -0.05) is 20.8 Å². The Morgan fingerprint density at radius 1 is 1.58 bits per heavy atom. The van der Waals surface area contributed by atoms with Crippen molar-refractivity contribution in [1.29, 1.82) is 0 Å². The molecular weight excluding hydrogens is 159 g/mol. The van der Waals surface area contributed by atoms with Crippen molar-refractivity contribution in [3.63, 3.8) is 0 Å². The first-order chi connectivity index (χ1) is 5.43. The lowest BCUT2D eigenvalue weighted by atomic mass is 9.96. The molecule has 0 unspecified atom stereocenters. The number of nitrogens with zero attached hydrogens (tertiary/aromatic N) is 2. The summed E-state index contributed by atoms with van der Waals surface area (Å²) in [7, 11) is 0. The molecule has 0 aliphatic heterocycles. The van der Waals surface area contributed by atoms with E-state index in [0.717, 1.165) is 4.57 Å². The van der Waals surface area contributed by atoms with Crippen LogP contribution in [0, 0.1) is 11.5 Å². The van der Waals surface area contributed by atoms with E-state index in [9.17, 15) is 9.18 Å². The molecule has 1 aromatic rings. The summed E-state index contributed by atoms with van der Waals surface area (Å²) in [5.41, 5.74) is -0.582. The van der Waals surface area contributed by atoms with Crippen LogP contribution in [-0.4, -0.2) is 15.5 Å². The van der Waals surface area contributed by atoms with Crippen molar-refractivity contribution in [1.82, 2.24) is 9.55 Å². The van der Waals surface area contributed by atoms with Gasteiger partial charge >= 0.3 is 0 Å². The van der Waals surface area contributed by atoms with E-state index in [2.05, 4.69) is 4.98 Å². The predicted molar refractivity (Wildman–Crippen MR) is 42.3 cm³/mol. The largest absolute Gasteiger partial charge is 0.295 e. The molecule has 1 aromatic heterocycles. The number of imidazole rings is 1. The summed E-state index contributed by atoms with van der Waals surface area (Å²) >= 11 is 0. The molecule has 3 nitrogen and oxygen atoms in total. The van der Waals surface area contributed by atoms with Crippen molar-refractivity contribution >= 4 is 5.91 Å². The molecule has 0 amide bonds. The van der Waals surface area contributed by atoms with Gasteiger partial charge in [0.1, 0.15) is 0 Å². The number of carbonyl (C=O) groups excluding carboxylic acids is 1. The highest BCUT2D eigenvalue weighted by atomic mass is 19.1. The van der Waals surface area contributed by atoms with Crippen LogP contribution in [0.3, 0.4) is 0 Å². The molecule has 66 valence electrons. The van der Waals surface area contributed by atoms with Crippen molar-refractivity contribution < 1.29 is 9.18 Å². The van der Waals surface area contributed by atoms with E-state index in [1.54, 1.807) is 20.8 Å². The zero-order valence-corrected chi connectivity index (χ0v) is 7.34. The SMILES string of the molecule is CC(C)(C)C(=O)n1ccnc1F. The van der Waals surface area contributed by atoms with Gasteiger partial charge in [0.25, 0.3) is 6.08 Å². The predicted octanol–water partition coefficient (Wildman–Crippen LogP) is 1.71. The van der Waals surface area contributed by atoms with Crippen LogP contribution < -0.4 is 0 Å². The number of carbonyl (C=O) groups is 1. The maximum Gasteiger partial charge on any atom is 0.295 e. The molecule has 1 rings (SSSR count). The second kappa shape index (κ2) is 2.69. The third kappa shape index (κ3) is 1.52. The Morgan fingerprint density at radius 3 is 2.50 bits per heavy atom. The van der Waals surface area contributed by atoms with Gasteiger partial charge < -0.3 is 0 Å². The quantitative estimate of drug-likeness (QED) is 0.594. The standard InChI is InChI=1S/C8H11FN2O/c1-8(2,3)6(12)11-5-4-10-7(11)9/h4-5H,1-3H3. The van der Waals surface area contributed by atoms with Crippen molar-refractivity contribution in [2.75, 3.05) is 0 Å². The van der Waals surface area contributed by atoms with E-state index in [0.29, 0.717) is 0 Å². The molecule has 0 saturated carbocycles. The Hall–Kier alpha value is -1.19. The zero-order chi connectivity index (χ0) is 9.35. The topological polar surface area (TPSA) is 34.9 Å². The van der Waals surface area contributed by atoms with Crippen LogP contribution >= 0.6 is 0 Å². The van der Waals surface area contributed by atoms with E-state index < -0.39 is 11.5 Å². The first-order valence-corrected chi connectivity index (χ1v) is 3.66. The van der Waals surface area contributed by atoms with Crippen LogP contribution in [0.25, 0.3) is 0 Å². The van der Waals surface area contributed by atoms with Crippen LogP contribution in [0.4, 0.5) is 4.39 Å².